The first-order valence-electron chi connectivity index (χ1n) is 20.9. The topological polar surface area (TPSA) is 48.8 Å². The van der Waals surface area contributed by atoms with E-state index in [4.69, 9.17) is 21.1 Å². The standard InChI is InChI=1S/C51H60ClN4O2/c1-9-35-31-45-41(33-43(35)53-39-17-13-11-14-18-39)50(3,4)47(55(45)27-29-57-7)25-23-37-21-22-38(49(37)52)24-26-48-51(5,6)42-34-44(54-40-19-15-12-16-20-40)36(10-2)32-46(42)56(48)28-30-58-8/h11-20,23-26,31-34,53-54H,9-10,21-22,27-30H2,1-8H3/q+1. The summed E-state index contributed by atoms with van der Waals surface area (Å²) in [5.41, 5.74) is 16.6. The van der Waals surface area contributed by atoms with Crippen LogP contribution in [0.4, 0.5) is 34.1 Å². The van der Waals surface area contributed by atoms with Crippen LogP contribution in [0.1, 0.15) is 76.6 Å². The number of para-hydroxylation sites is 2. The number of allylic oxidation sites excluding steroid dienone is 8. The van der Waals surface area contributed by atoms with Crippen molar-refractivity contribution in [2.24, 2.45) is 0 Å². The number of hydrogen-bond acceptors (Lipinski definition) is 5. The summed E-state index contributed by atoms with van der Waals surface area (Å²) in [5.74, 6) is 0. The number of ether oxygens (including phenoxy) is 2. The lowest BCUT2D eigenvalue weighted by Gasteiger charge is -2.27. The molecule has 3 aliphatic rings. The lowest BCUT2D eigenvalue weighted by Crippen LogP contribution is -2.28. The number of methoxy groups -OCH3 is 2. The van der Waals surface area contributed by atoms with E-state index in [0.717, 1.165) is 66.6 Å². The van der Waals surface area contributed by atoms with Crippen LogP contribution in [-0.4, -0.2) is 50.8 Å². The van der Waals surface area contributed by atoms with Gasteiger partial charge < -0.3 is 25.0 Å². The molecule has 2 heterocycles. The van der Waals surface area contributed by atoms with Crippen LogP contribution in [0, 0.1) is 0 Å². The zero-order valence-corrected chi connectivity index (χ0v) is 36.4. The molecule has 0 aromatic heterocycles. The minimum atomic E-state index is -0.226. The predicted molar refractivity (Wildman–Crippen MR) is 245 cm³/mol. The van der Waals surface area contributed by atoms with Gasteiger partial charge in [0.15, 0.2) is 12.3 Å². The minimum Gasteiger partial charge on any atom is -0.383 e. The maximum atomic E-state index is 7.29. The van der Waals surface area contributed by atoms with E-state index in [-0.39, 0.29) is 10.8 Å². The van der Waals surface area contributed by atoms with E-state index in [1.807, 2.05) is 0 Å². The average Bonchev–Trinajstić information content (AvgIpc) is 3.75. The number of benzene rings is 4. The van der Waals surface area contributed by atoms with Crippen molar-refractivity contribution >= 4 is 51.4 Å². The summed E-state index contributed by atoms with van der Waals surface area (Å²) in [6, 6.07) is 30.3. The first-order valence-corrected chi connectivity index (χ1v) is 21.3. The number of anilines is 5. The number of halogens is 1. The Morgan fingerprint density at radius 3 is 1.93 bits per heavy atom. The highest BCUT2D eigenvalue weighted by molar-refractivity contribution is 6.33. The van der Waals surface area contributed by atoms with Crippen molar-refractivity contribution < 1.29 is 14.0 Å². The summed E-state index contributed by atoms with van der Waals surface area (Å²) >= 11 is 7.29. The van der Waals surface area contributed by atoms with Gasteiger partial charge in [-0.25, -0.2) is 0 Å². The van der Waals surface area contributed by atoms with Crippen molar-refractivity contribution in [1.82, 2.24) is 0 Å². The normalized spacial score (nSPS) is 18.3. The van der Waals surface area contributed by atoms with Crippen LogP contribution >= 0.6 is 11.6 Å². The van der Waals surface area contributed by atoms with Gasteiger partial charge in [-0.1, -0.05) is 87.8 Å². The largest absolute Gasteiger partial charge is 0.383 e. The Hall–Kier alpha value is -4.88. The molecule has 2 N–H and O–H groups in total. The lowest BCUT2D eigenvalue weighted by atomic mass is 9.80. The van der Waals surface area contributed by atoms with E-state index in [1.165, 1.54) is 56.2 Å². The Morgan fingerprint density at radius 2 is 1.33 bits per heavy atom. The van der Waals surface area contributed by atoms with Crippen molar-refractivity contribution in [2.45, 2.75) is 78.1 Å². The van der Waals surface area contributed by atoms with Crippen LogP contribution in [0.15, 0.2) is 131 Å². The molecule has 0 amide bonds. The highest BCUT2D eigenvalue weighted by Gasteiger charge is 2.45. The summed E-state index contributed by atoms with van der Waals surface area (Å²) in [7, 11) is 3.55. The quantitative estimate of drug-likeness (QED) is 0.117. The molecule has 58 heavy (non-hydrogen) atoms. The van der Waals surface area contributed by atoms with Gasteiger partial charge in [-0.3, -0.25) is 0 Å². The minimum absolute atomic E-state index is 0.226. The van der Waals surface area contributed by atoms with Gasteiger partial charge in [0, 0.05) is 83.1 Å². The molecule has 4 aromatic rings. The number of hydrogen-bond donors (Lipinski definition) is 2. The zero-order valence-electron chi connectivity index (χ0n) is 35.6. The summed E-state index contributed by atoms with van der Waals surface area (Å²) in [6.07, 6.45) is 12.8. The third-order valence-corrected chi connectivity index (χ3v) is 12.7. The molecule has 4 aromatic carbocycles. The molecule has 302 valence electrons. The van der Waals surface area contributed by atoms with Gasteiger partial charge in [-0.05, 0) is 116 Å². The summed E-state index contributed by atoms with van der Waals surface area (Å²) in [4.78, 5) is 2.45. The van der Waals surface area contributed by atoms with E-state index in [9.17, 15) is 0 Å². The molecule has 6 nitrogen and oxygen atoms in total. The second-order valence-electron chi connectivity index (χ2n) is 16.6. The van der Waals surface area contributed by atoms with Gasteiger partial charge in [0.2, 0.25) is 5.69 Å². The maximum Gasteiger partial charge on any atom is 0.210 e. The monoisotopic (exact) mass is 795 g/mol. The highest BCUT2D eigenvalue weighted by atomic mass is 35.5. The van der Waals surface area contributed by atoms with E-state index in [1.54, 1.807) is 14.2 Å². The molecule has 7 heteroatoms. The molecule has 0 spiro atoms. The van der Waals surface area contributed by atoms with Gasteiger partial charge in [0.25, 0.3) is 0 Å². The highest BCUT2D eigenvalue weighted by Crippen LogP contribution is 2.50. The molecule has 7 rings (SSSR count). The third kappa shape index (κ3) is 8.07. The Morgan fingerprint density at radius 1 is 0.724 bits per heavy atom. The first kappa shape index (κ1) is 41.3. The zero-order chi connectivity index (χ0) is 41.0. The predicted octanol–water partition coefficient (Wildman–Crippen LogP) is 12.4. The fourth-order valence-corrected chi connectivity index (χ4v) is 9.22. The van der Waals surface area contributed by atoms with E-state index >= 15 is 0 Å². The Labute approximate surface area is 351 Å². The molecule has 0 bridgehead atoms. The van der Waals surface area contributed by atoms with Crippen molar-refractivity contribution in [3.63, 3.8) is 0 Å². The van der Waals surface area contributed by atoms with Gasteiger partial charge in [0.05, 0.1) is 12.0 Å². The molecular weight excluding hydrogens is 736 g/mol. The lowest BCUT2D eigenvalue weighted by molar-refractivity contribution is -0.441. The smallest absolute Gasteiger partial charge is 0.210 e. The van der Waals surface area contributed by atoms with Crippen LogP contribution in [0.2, 0.25) is 0 Å². The molecule has 0 fully saturated rings. The van der Waals surface area contributed by atoms with Crippen molar-refractivity contribution in [1.29, 1.82) is 0 Å². The van der Waals surface area contributed by atoms with Crippen LogP contribution in [0.25, 0.3) is 0 Å². The molecule has 0 radical (unpaired) electrons. The third-order valence-electron chi connectivity index (χ3n) is 12.3. The number of nitrogens with zero attached hydrogens (tertiary/aromatic N) is 2. The van der Waals surface area contributed by atoms with Crippen LogP contribution in [0.3, 0.4) is 0 Å². The van der Waals surface area contributed by atoms with Gasteiger partial charge in [0.1, 0.15) is 6.61 Å². The van der Waals surface area contributed by atoms with Crippen LogP contribution < -0.4 is 15.5 Å². The summed E-state index contributed by atoms with van der Waals surface area (Å²) in [6.45, 7) is 16.6. The second kappa shape index (κ2) is 17.5. The first-order chi connectivity index (χ1) is 28.0. The van der Waals surface area contributed by atoms with Gasteiger partial charge >= 0.3 is 0 Å². The molecular formula is C51H60ClN4O2+. The molecule has 0 unspecified atom stereocenters. The van der Waals surface area contributed by atoms with Gasteiger partial charge in [-0.15, -0.1) is 0 Å². The Kier molecular flexibility index (Phi) is 12.5. The molecule has 0 saturated carbocycles. The molecule has 1 aliphatic carbocycles. The number of rotatable bonds is 15. The van der Waals surface area contributed by atoms with Crippen LogP contribution in [0.5, 0.6) is 0 Å². The molecule has 2 aliphatic heterocycles. The van der Waals surface area contributed by atoms with Crippen molar-refractivity contribution in [3.05, 3.63) is 153 Å². The Bertz CT molecular complexity index is 2300. The van der Waals surface area contributed by atoms with Crippen LogP contribution in [-0.2, 0) is 33.1 Å². The number of nitrogens with one attached hydrogen (secondary N) is 2. The van der Waals surface area contributed by atoms with Crippen molar-refractivity contribution in [2.75, 3.05) is 56.1 Å². The fourth-order valence-electron chi connectivity index (χ4n) is 8.90. The van der Waals surface area contributed by atoms with E-state index in [2.05, 4.69) is 171 Å². The SMILES string of the molecule is CCc1cc2c(cc1Nc1ccccc1)C(C)(C)C(/C=C/C1=C(Cl)C(=C/C=C3\N(CCOC)c4cc(CC)c(Nc5ccccc5)cc4C3(C)C)/CC1)=[N+]2CCOC. The molecule has 0 saturated heterocycles. The van der Waals surface area contributed by atoms with Gasteiger partial charge in [-0.2, -0.15) is 4.58 Å². The number of aryl methyl sites for hydroxylation is 2. The van der Waals surface area contributed by atoms with E-state index < -0.39 is 0 Å². The summed E-state index contributed by atoms with van der Waals surface area (Å²) < 4.78 is 13.7. The maximum absolute atomic E-state index is 7.29. The Balaban J connectivity index is 1.20. The van der Waals surface area contributed by atoms with E-state index in [0.29, 0.717) is 13.2 Å². The second-order valence-corrected chi connectivity index (χ2v) is 17.0. The summed E-state index contributed by atoms with van der Waals surface area (Å²) in [5, 5.41) is 8.26. The molecule has 0 atom stereocenters. The van der Waals surface area contributed by atoms with Crippen molar-refractivity contribution in [3.8, 4) is 0 Å². The average molecular weight is 797 g/mol. The fraction of sp³-hybridized carbons (Fsp3) is 0.353. The number of fused-ring (bicyclic) bond motifs is 2.